The SMILES string of the molecule is CN1CCN(Cc2cccc(N)c2)CC1.Nc1cccc(CN2CCN(CCO)CC2)c1.O=[N+]([O-])c1cccc(CBr)c1. The van der Waals surface area contributed by atoms with Crippen molar-refractivity contribution in [2.45, 2.75) is 18.4 Å². The van der Waals surface area contributed by atoms with E-state index in [0.717, 1.165) is 75.8 Å². The van der Waals surface area contributed by atoms with E-state index < -0.39 is 4.92 Å². The van der Waals surface area contributed by atoms with Crippen molar-refractivity contribution in [3.8, 4) is 0 Å². The summed E-state index contributed by atoms with van der Waals surface area (Å²) in [4.78, 5) is 19.4. The van der Waals surface area contributed by atoms with Gasteiger partial charge in [0.2, 0.25) is 0 Å². The van der Waals surface area contributed by atoms with E-state index in [1.165, 1.54) is 30.3 Å². The van der Waals surface area contributed by atoms with Crippen LogP contribution in [0.15, 0.2) is 72.8 Å². The standard InChI is InChI=1S/C13H21N3O.C12H19N3.C7H6BrNO2/c14-13-3-1-2-12(10-13)11-16-6-4-15(5-7-16)8-9-17;1-14-5-7-15(8-6-14)10-11-3-2-4-12(13)9-11;8-5-6-2-1-3-7(4-6)9(10)11/h1-3,10,17H,4-9,11,14H2;2-4,9H,5-8,10,13H2,1H3;1-4H,5H2. The lowest BCUT2D eigenvalue weighted by Gasteiger charge is -2.34. The molecule has 0 aliphatic carbocycles. The van der Waals surface area contributed by atoms with E-state index in [1.807, 2.05) is 36.4 Å². The molecule has 3 aromatic carbocycles. The predicted octanol–water partition coefficient (Wildman–Crippen LogP) is 3.88. The molecule has 0 saturated carbocycles. The summed E-state index contributed by atoms with van der Waals surface area (Å²) in [5.41, 5.74) is 16.9. The number of aliphatic hydroxyl groups excluding tert-OH is 1. The molecule has 2 aliphatic rings. The first kappa shape index (κ1) is 34.4. The molecule has 2 saturated heterocycles. The van der Waals surface area contributed by atoms with Gasteiger partial charge in [-0.1, -0.05) is 52.3 Å². The Labute approximate surface area is 264 Å². The summed E-state index contributed by atoms with van der Waals surface area (Å²) in [6, 6.07) is 22.8. The Morgan fingerprint density at radius 3 is 1.67 bits per heavy atom. The zero-order chi connectivity index (χ0) is 31.0. The molecule has 2 fully saturated rings. The summed E-state index contributed by atoms with van der Waals surface area (Å²) in [7, 11) is 2.18. The van der Waals surface area contributed by atoms with Crippen LogP contribution < -0.4 is 11.5 Å². The van der Waals surface area contributed by atoms with Gasteiger partial charge in [0, 0.05) is 101 Å². The summed E-state index contributed by atoms with van der Waals surface area (Å²) < 4.78 is 0. The number of halogens is 1. The topological polar surface area (TPSA) is 128 Å². The number of β-amino-alcohol motifs (C(OH)–C–C–N with tert-alkyl or cyclic N) is 1. The highest BCUT2D eigenvalue weighted by Crippen LogP contribution is 2.15. The number of nitro benzene ring substituents is 1. The zero-order valence-electron chi connectivity index (χ0n) is 25.2. The van der Waals surface area contributed by atoms with Crippen molar-refractivity contribution >= 4 is 33.0 Å². The molecule has 2 aliphatic heterocycles. The maximum absolute atomic E-state index is 10.3. The number of rotatable bonds is 8. The number of nitrogen functional groups attached to an aromatic ring is 2. The summed E-state index contributed by atoms with van der Waals surface area (Å²) in [6.07, 6.45) is 0. The highest BCUT2D eigenvalue weighted by molar-refractivity contribution is 9.08. The summed E-state index contributed by atoms with van der Waals surface area (Å²) >= 11 is 3.22. The minimum absolute atomic E-state index is 0.141. The van der Waals surface area contributed by atoms with Crippen molar-refractivity contribution in [2.75, 3.05) is 84.0 Å². The first-order valence-electron chi connectivity index (χ1n) is 14.7. The molecule has 3 aromatic rings. The van der Waals surface area contributed by atoms with Gasteiger partial charge < -0.3 is 21.5 Å². The number of hydrogen-bond acceptors (Lipinski definition) is 9. The number of nitro groups is 1. The van der Waals surface area contributed by atoms with Gasteiger partial charge in [0.05, 0.1) is 11.5 Å². The molecule has 234 valence electrons. The van der Waals surface area contributed by atoms with Crippen molar-refractivity contribution in [2.24, 2.45) is 0 Å². The number of aliphatic hydroxyl groups is 1. The third kappa shape index (κ3) is 13.0. The van der Waals surface area contributed by atoms with Crippen LogP contribution in [0.3, 0.4) is 0 Å². The Morgan fingerprint density at radius 2 is 1.21 bits per heavy atom. The number of anilines is 2. The number of benzene rings is 3. The van der Waals surface area contributed by atoms with E-state index >= 15 is 0 Å². The molecular formula is C32H46BrN7O3. The Morgan fingerprint density at radius 1 is 0.744 bits per heavy atom. The van der Waals surface area contributed by atoms with E-state index in [4.69, 9.17) is 16.6 Å². The largest absolute Gasteiger partial charge is 0.399 e. The van der Waals surface area contributed by atoms with Crippen molar-refractivity contribution in [1.29, 1.82) is 0 Å². The molecule has 0 spiro atoms. The fourth-order valence-corrected chi connectivity index (χ4v) is 5.32. The number of nitrogens with two attached hydrogens (primary N) is 2. The second kappa shape index (κ2) is 18.6. The van der Waals surface area contributed by atoms with Crippen LogP contribution in [-0.2, 0) is 18.4 Å². The predicted molar refractivity (Wildman–Crippen MR) is 179 cm³/mol. The van der Waals surface area contributed by atoms with Crippen LogP contribution in [0.5, 0.6) is 0 Å². The molecule has 5 rings (SSSR count). The molecule has 10 nitrogen and oxygen atoms in total. The van der Waals surface area contributed by atoms with E-state index in [2.05, 4.69) is 60.8 Å². The molecular weight excluding hydrogens is 610 g/mol. The molecule has 0 unspecified atom stereocenters. The van der Waals surface area contributed by atoms with Gasteiger partial charge in [0.15, 0.2) is 0 Å². The number of hydrogen-bond donors (Lipinski definition) is 3. The van der Waals surface area contributed by atoms with Gasteiger partial charge in [-0.2, -0.15) is 0 Å². The average Bonchev–Trinajstić information content (AvgIpc) is 3.00. The highest BCUT2D eigenvalue weighted by atomic mass is 79.9. The third-order valence-corrected chi connectivity index (χ3v) is 8.11. The third-order valence-electron chi connectivity index (χ3n) is 7.47. The molecule has 11 heteroatoms. The molecule has 2 heterocycles. The number of likely N-dealkylation sites (N-methyl/N-ethyl adjacent to an activating group) is 1. The van der Waals surface area contributed by atoms with Crippen LogP contribution in [0.4, 0.5) is 17.1 Å². The second-order valence-corrected chi connectivity index (χ2v) is 11.5. The molecule has 43 heavy (non-hydrogen) atoms. The number of non-ortho nitro benzene ring substituents is 1. The zero-order valence-corrected chi connectivity index (χ0v) is 26.7. The van der Waals surface area contributed by atoms with Crippen LogP contribution >= 0.6 is 15.9 Å². The Kier molecular flexibility index (Phi) is 14.9. The maximum Gasteiger partial charge on any atom is 0.269 e. The van der Waals surface area contributed by atoms with E-state index in [-0.39, 0.29) is 12.3 Å². The molecule has 0 radical (unpaired) electrons. The first-order chi connectivity index (χ1) is 20.7. The van der Waals surface area contributed by atoms with Crippen molar-refractivity contribution < 1.29 is 10.0 Å². The minimum atomic E-state index is -0.397. The van der Waals surface area contributed by atoms with Crippen LogP contribution in [0.25, 0.3) is 0 Å². The average molecular weight is 657 g/mol. The molecule has 0 aromatic heterocycles. The lowest BCUT2D eigenvalue weighted by molar-refractivity contribution is -0.384. The van der Waals surface area contributed by atoms with Gasteiger partial charge in [0.1, 0.15) is 0 Å². The van der Waals surface area contributed by atoms with Gasteiger partial charge in [-0.3, -0.25) is 24.8 Å². The highest BCUT2D eigenvalue weighted by Gasteiger charge is 2.16. The monoisotopic (exact) mass is 655 g/mol. The first-order valence-corrected chi connectivity index (χ1v) is 15.8. The second-order valence-electron chi connectivity index (χ2n) is 11.0. The van der Waals surface area contributed by atoms with Crippen LogP contribution in [0, 0.1) is 10.1 Å². The van der Waals surface area contributed by atoms with Gasteiger partial charge >= 0.3 is 0 Å². The fourth-order valence-electron chi connectivity index (χ4n) is 4.97. The van der Waals surface area contributed by atoms with Gasteiger partial charge in [-0.25, -0.2) is 0 Å². The summed E-state index contributed by atoms with van der Waals surface area (Å²) in [6.45, 7) is 11.9. The Hall–Kier alpha value is -3.06. The van der Waals surface area contributed by atoms with Crippen molar-refractivity contribution in [3.05, 3.63) is 99.6 Å². The van der Waals surface area contributed by atoms with E-state index in [9.17, 15) is 10.1 Å². The smallest absolute Gasteiger partial charge is 0.269 e. The molecule has 5 N–H and O–H groups in total. The van der Waals surface area contributed by atoms with Crippen molar-refractivity contribution in [3.63, 3.8) is 0 Å². The van der Waals surface area contributed by atoms with Crippen LogP contribution in [0.1, 0.15) is 16.7 Å². The Bertz CT molecular complexity index is 1250. The van der Waals surface area contributed by atoms with Crippen LogP contribution in [-0.4, -0.2) is 102 Å². The molecule has 0 bridgehead atoms. The van der Waals surface area contributed by atoms with E-state index in [1.54, 1.807) is 12.1 Å². The number of piperazine rings is 2. The lowest BCUT2D eigenvalue weighted by Crippen LogP contribution is -2.46. The maximum atomic E-state index is 10.3. The summed E-state index contributed by atoms with van der Waals surface area (Å²) in [5, 5.41) is 19.8. The molecule has 0 atom stereocenters. The normalized spacial score (nSPS) is 16.4. The van der Waals surface area contributed by atoms with Gasteiger partial charge in [0.25, 0.3) is 5.69 Å². The van der Waals surface area contributed by atoms with E-state index in [0.29, 0.717) is 5.33 Å². The minimum Gasteiger partial charge on any atom is -0.399 e. The van der Waals surface area contributed by atoms with Crippen molar-refractivity contribution in [1.82, 2.24) is 19.6 Å². The molecule has 0 amide bonds. The quantitative estimate of drug-likeness (QED) is 0.143. The van der Waals surface area contributed by atoms with Gasteiger partial charge in [-0.15, -0.1) is 0 Å². The number of nitrogens with zero attached hydrogens (tertiary/aromatic N) is 5. The lowest BCUT2D eigenvalue weighted by atomic mass is 10.2. The fraction of sp³-hybridized carbons (Fsp3) is 0.438. The number of alkyl halides is 1. The van der Waals surface area contributed by atoms with Gasteiger partial charge in [-0.05, 0) is 48.0 Å². The Balaban J connectivity index is 0.000000181. The summed E-state index contributed by atoms with van der Waals surface area (Å²) in [5.74, 6) is 0. The van der Waals surface area contributed by atoms with Crippen LogP contribution in [0.2, 0.25) is 0 Å².